The van der Waals surface area contributed by atoms with Crippen molar-refractivity contribution in [3.63, 3.8) is 0 Å². The molecule has 6 nitrogen and oxygen atoms in total. The Kier molecular flexibility index (Phi) is 5.80. The van der Waals surface area contributed by atoms with Gasteiger partial charge in [0.05, 0.1) is 6.26 Å². The summed E-state index contributed by atoms with van der Waals surface area (Å²) in [4.78, 5) is 25.7. The van der Waals surface area contributed by atoms with Crippen LogP contribution in [0.1, 0.15) is 25.5 Å². The van der Waals surface area contributed by atoms with Gasteiger partial charge >= 0.3 is 11.8 Å². The van der Waals surface area contributed by atoms with Crippen LogP contribution in [0.15, 0.2) is 22.8 Å². The topological polar surface area (TPSA) is 74.6 Å². The van der Waals surface area contributed by atoms with Gasteiger partial charge in [-0.2, -0.15) is 0 Å². The summed E-state index contributed by atoms with van der Waals surface area (Å²) in [6.45, 7) is 4.77. The van der Waals surface area contributed by atoms with E-state index in [-0.39, 0.29) is 6.04 Å². The number of amides is 2. The Hall–Kier alpha value is -1.82. The van der Waals surface area contributed by atoms with Crippen molar-refractivity contribution in [3.05, 3.63) is 24.2 Å². The first kappa shape index (κ1) is 15.6. The van der Waals surface area contributed by atoms with Crippen molar-refractivity contribution in [1.82, 2.24) is 15.5 Å². The maximum atomic E-state index is 12.1. The fraction of sp³-hybridized carbons (Fsp3) is 0.600. The molecule has 0 saturated carbocycles. The maximum Gasteiger partial charge on any atom is 0.311 e. The molecule has 1 aliphatic heterocycles. The number of hydrogen-bond donors (Lipinski definition) is 2. The van der Waals surface area contributed by atoms with Crippen LogP contribution in [-0.2, 0) is 16.0 Å². The molecule has 1 fully saturated rings. The predicted octanol–water partition coefficient (Wildman–Crippen LogP) is 0.539. The molecule has 2 rings (SSSR count). The van der Waals surface area contributed by atoms with Crippen molar-refractivity contribution in [2.75, 3.05) is 26.2 Å². The van der Waals surface area contributed by atoms with Gasteiger partial charge in [-0.25, -0.2) is 0 Å². The van der Waals surface area contributed by atoms with Crippen molar-refractivity contribution in [2.24, 2.45) is 0 Å². The third-order valence-corrected chi connectivity index (χ3v) is 3.60. The molecule has 0 radical (unpaired) electrons. The van der Waals surface area contributed by atoms with Crippen LogP contribution < -0.4 is 10.6 Å². The molecule has 2 amide bonds. The van der Waals surface area contributed by atoms with E-state index in [0.717, 1.165) is 38.1 Å². The Morgan fingerprint density at radius 2 is 2.29 bits per heavy atom. The minimum Gasteiger partial charge on any atom is -0.469 e. The molecule has 0 aromatic carbocycles. The molecule has 2 N–H and O–H groups in total. The first-order chi connectivity index (χ1) is 10.2. The number of nitrogens with zero attached hydrogens (tertiary/aromatic N) is 1. The summed E-state index contributed by atoms with van der Waals surface area (Å²) in [5.41, 5.74) is 0. The lowest BCUT2D eigenvalue weighted by atomic mass is 10.1. The summed E-state index contributed by atoms with van der Waals surface area (Å²) < 4.78 is 5.25. The van der Waals surface area contributed by atoms with Gasteiger partial charge in [-0.15, -0.1) is 0 Å². The summed E-state index contributed by atoms with van der Waals surface area (Å²) in [5, 5.41) is 5.98. The van der Waals surface area contributed by atoms with E-state index >= 15 is 0 Å². The van der Waals surface area contributed by atoms with E-state index in [1.807, 2.05) is 19.1 Å². The van der Waals surface area contributed by atoms with Crippen molar-refractivity contribution in [2.45, 2.75) is 32.2 Å². The predicted molar refractivity (Wildman–Crippen MR) is 78.7 cm³/mol. The van der Waals surface area contributed by atoms with Crippen LogP contribution in [-0.4, -0.2) is 48.9 Å². The van der Waals surface area contributed by atoms with Crippen LogP contribution in [0.3, 0.4) is 0 Å². The Labute approximate surface area is 124 Å². The lowest BCUT2D eigenvalue weighted by Crippen LogP contribution is -2.46. The van der Waals surface area contributed by atoms with Crippen LogP contribution in [0.4, 0.5) is 0 Å². The van der Waals surface area contributed by atoms with Gasteiger partial charge in [-0.3, -0.25) is 9.59 Å². The van der Waals surface area contributed by atoms with Crippen LogP contribution >= 0.6 is 0 Å². The number of hydrogen-bond acceptors (Lipinski definition) is 4. The fourth-order valence-corrected chi connectivity index (χ4v) is 2.36. The largest absolute Gasteiger partial charge is 0.469 e. The molecule has 6 heteroatoms. The second-order valence-electron chi connectivity index (χ2n) is 5.39. The third-order valence-electron chi connectivity index (χ3n) is 3.60. The second kappa shape index (κ2) is 7.83. The standard InChI is InChI=1S/C15H23N3O3/c1-12(5-6-13-4-2-11-21-13)17-14(19)15(20)18-9-3-7-16-8-10-18/h2,4,11-12,16H,3,5-10H2,1H3,(H,17,19). The Morgan fingerprint density at radius 3 is 3.05 bits per heavy atom. The van der Waals surface area contributed by atoms with E-state index in [0.29, 0.717) is 13.1 Å². The molecular weight excluding hydrogens is 270 g/mol. The molecule has 1 saturated heterocycles. The van der Waals surface area contributed by atoms with Crippen LogP contribution in [0.2, 0.25) is 0 Å². The maximum absolute atomic E-state index is 12.1. The minimum atomic E-state index is -0.510. The first-order valence-electron chi connectivity index (χ1n) is 7.49. The van der Waals surface area contributed by atoms with Gasteiger partial charge in [0.25, 0.3) is 0 Å². The van der Waals surface area contributed by atoms with E-state index in [9.17, 15) is 9.59 Å². The average Bonchev–Trinajstić information content (AvgIpc) is 2.85. The van der Waals surface area contributed by atoms with Crippen LogP contribution in [0.25, 0.3) is 0 Å². The number of rotatable bonds is 4. The summed E-state index contributed by atoms with van der Waals surface area (Å²) in [7, 11) is 0. The number of carbonyl (C=O) groups excluding carboxylic acids is 2. The molecule has 2 heterocycles. The quantitative estimate of drug-likeness (QED) is 0.795. The highest BCUT2D eigenvalue weighted by atomic mass is 16.3. The smallest absolute Gasteiger partial charge is 0.311 e. The van der Waals surface area contributed by atoms with E-state index in [2.05, 4.69) is 10.6 Å². The highest BCUT2D eigenvalue weighted by Gasteiger charge is 2.23. The van der Waals surface area contributed by atoms with Crippen molar-refractivity contribution >= 4 is 11.8 Å². The molecule has 0 aliphatic carbocycles. The number of nitrogens with one attached hydrogen (secondary N) is 2. The lowest BCUT2D eigenvalue weighted by Gasteiger charge is -2.20. The number of carbonyl (C=O) groups is 2. The molecule has 1 unspecified atom stereocenters. The summed E-state index contributed by atoms with van der Waals surface area (Å²) in [5.74, 6) is -0.0478. The highest BCUT2D eigenvalue weighted by Crippen LogP contribution is 2.06. The summed E-state index contributed by atoms with van der Waals surface area (Å²) >= 11 is 0. The zero-order chi connectivity index (χ0) is 15.1. The van der Waals surface area contributed by atoms with E-state index < -0.39 is 11.8 Å². The van der Waals surface area contributed by atoms with Crippen LogP contribution in [0.5, 0.6) is 0 Å². The number of aryl methyl sites for hydroxylation is 1. The molecular formula is C15H23N3O3. The summed E-state index contributed by atoms with van der Waals surface area (Å²) in [6, 6.07) is 3.69. The monoisotopic (exact) mass is 293 g/mol. The molecule has 1 aliphatic rings. The molecule has 21 heavy (non-hydrogen) atoms. The van der Waals surface area contributed by atoms with E-state index in [1.165, 1.54) is 0 Å². The van der Waals surface area contributed by atoms with Gasteiger partial charge in [-0.1, -0.05) is 0 Å². The van der Waals surface area contributed by atoms with Gasteiger partial charge in [0.15, 0.2) is 0 Å². The van der Waals surface area contributed by atoms with Crippen molar-refractivity contribution < 1.29 is 14.0 Å². The van der Waals surface area contributed by atoms with Gasteiger partial charge in [0, 0.05) is 32.1 Å². The minimum absolute atomic E-state index is 0.0587. The fourth-order valence-electron chi connectivity index (χ4n) is 2.36. The van der Waals surface area contributed by atoms with E-state index in [4.69, 9.17) is 4.42 Å². The third kappa shape index (κ3) is 4.90. The Morgan fingerprint density at radius 1 is 1.43 bits per heavy atom. The van der Waals surface area contributed by atoms with Gasteiger partial charge in [-0.05, 0) is 38.4 Å². The van der Waals surface area contributed by atoms with Gasteiger partial charge in [0.1, 0.15) is 5.76 Å². The first-order valence-corrected chi connectivity index (χ1v) is 7.49. The Balaban J connectivity index is 1.75. The average molecular weight is 293 g/mol. The van der Waals surface area contributed by atoms with E-state index in [1.54, 1.807) is 11.2 Å². The summed E-state index contributed by atoms with van der Waals surface area (Å²) in [6.07, 6.45) is 4.01. The van der Waals surface area contributed by atoms with Crippen molar-refractivity contribution in [1.29, 1.82) is 0 Å². The lowest BCUT2D eigenvalue weighted by molar-refractivity contribution is -0.146. The zero-order valence-electron chi connectivity index (χ0n) is 12.4. The van der Waals surface area contributed by atoms with Crippen LogP contribution in [0, 0.1) is 0 Å². The number of furan rings is 1. The molecule has 1 aromatic rings. The highest BCUT2D eigenvalue weighted by molar-refractivity contribution is 6.35. The second-order valence-corrected chi connectivity index (χ2v) is 5.39. The Bertz CT molecular complexity index is 451. The molecule has 1 atom stereocenters. The normalized spacial score (nSPS) is 17.1. The molecule has 0 spiro atoms. The van der Waals surface area contributed by atoms with Gasteiger partial charge in [0.2, 0.25) is 0 Å². The van der Waals surface area contributed by atoms with Crippen molar-refractivity contribution in [3.8, 4) is 0 Å². The van der Waals surface area contributed by atoms with Gasteiger partial charge < -0.3 is 20.0 Å². The molecule has 0 bridgehead atoms. The SMILES string of the molecule is CC(CCc1ccco1)NC(=O)C(=O)N1CCCNCC1. The molecule has 1 aromatic heterocycles. The molecule has 116 valence electrons. The zero-order valence-corrected chi connectivity index (χ0v) is 12.4.